The first-order chi connectivity index (χ1) is 8.58. The topological polar surface area (TPSA) is 12.0 Å². The van der Waals surface area contributed by atoms with Gasteiger partial charge in [0.25, 0.3) is 0 Å². The van der Waals surface area contributed by atoms with Crippen LogP contribution in [0.5, 0.6) is 0 Å². The molecule has 2 aromatic rings. The highest BCUT2D eigenvalue weighted by Gasteiger charge is 2.06. The lowest BCUT2D eigenvalue weighted by Gasteiger charge is -2.11. The molecule has 0 atom stereocenters. The summed E-state index contributed by atoms with van der Waals surface area (Å²) in [5, 5.41) is 5.15. The van der Waals surface area contributed by atoms with Crippen LogP contribution in [0.25, 0.3) is 0 Å². The summed E-state index contributed by atoms with van der Waals surface area (Å²) in [5.41, 5.74) is 1.69. The zero-order valence-electron chi connectivity index (χ0n) is 9.18. The van der Waals surface area contributed by atoms with E-state index in [1.165, 1.54) is 0 Å². The highest BCUT2D eigenvalue weighted by Crippen LogP contribution is 2.29. The van der Waals surface area contributed by atoms with Crippen LogP contribution < -0.4 is 5.32 Å². The van der Waals surface area contributed by atoms with E-state index in [1.54, 1.807) is 0 Å². The fourth-order valence-corrected chi connectivity index (χ4v) is 2.59. The Morgan fingerprint density at radius 2 is 1.61 bits per heavy atom. The summed E-state index contributed by atoms with van der Waals surface area (Å²) < 4.78 is 0.958. The highest BCUT2D eigenvalue weighted by molar-refractivity contribution is 9.10. The average molecular weight is 365 g/mol. The number of hydrogen-bond acceptors (Lipinski definition) is 1. The van der Waals surface area contributed by atoms with Gasteiger partial charge in [0, 0.05) is 26.6 Å². The summed E-state index contributed by atoms with van der Waals surface area (Å²) in [6, 6.07) is 11.1. The van der Waals surface area contributed by atoms with E-state index in [1.807, 2.05) is 36.4 Å². The van der Waals surface area contributed by atoms with Crippen LogP contribution in [-0.2, 0) is 6.54 Å². The first kappa shape index (κ1) is 14.0. The number of anilines is 1. The lowest BCUT2D eigenvalue weighted by atomic mass is 10.2. The van der Waals surface area contributed by atoms with E-state index in [-0.39, 0.29) is 0 Å². The molecule has 0 aromatic heterocycles. The number of benzene rings is 2. The molecule has 0 saturated carbocycles. The Hall–Kier alpha value is -0.410. The summed E-state index contributed by atoms with van der Waals surface area (Å²) in [5.74, 6) is 0. The van der Waals surface area contributed by atoms with Crippen LogP contribution in [0.4, 0.5) is 5.69 Å². The van der Waals surface area contributed by atoms with Gasteiger partial charge in [-0.3, -0.25) is 0 Å². The van der Waals surface area contributed by atoms with Gasteiger partial charge < -0.3 is 5.32 Å². The molecule has 94 valence electrons. The normalized spacial score (nSPS) is 10.4. The van der Waals surface area contributed by atoms with E-state index in [9.17, 15) is 0 Å². The highest BCUT2D eigenvalue weighted by atomic mass is 79.9. The van der Waals surface area contributed by atoms with Gasteiger partial charge in [-0.1, -0.05) is 56.8 Å². The monoisotopic (exact) mass is 363 g/mol. The van der Waals surface area contributed by atoms with Crippen LogP contribution in [-0.4, -0.2) is 0 Å². The van der Waals surface area contributed by atoms with Gasteiger partial charge in [-0.05, 0) is 30.3 Å². The van der Waals surface area contributed by atoms with Crippen molar-refractivity contribution in [3.8, 4) is 0 Å². The van der Waals surface area contributed by atoms with E-state index < -0.39 is 0 Å². The maximum Gasteiger partial charge on any atom is 0.0638 e. The Kier molecular flexibility index (Phi) is 4.79. The molecule has 0 fully saturated rings. The predicted molar refractivity (Wildman–Crippen MR) is 82.9 cm³/mol. The molecule has 1 N–H and O–H groups in total. The Balaban J connectivity index is 2.19. The third kappa shape index (κ3) is 3.33. The molecule has 0 radical (unpaired) electrons. The van der Waals surface area contributed by atoms with Crippen molar-refractivity contribution < 1.29 is 0 Å². The van der Waals surface area contributed by atoms with Crippen molar-refractivity contribution in [1.82, 2.24) is 0 Å². The van der Waals surface area contributed by atoms with Crippen molar-refractivity contribution >= 4 is 56.4 Å². The van der Waals surface area contributed by atoms with Crippen LogP contribution in [0, 0.1) is 0 Å². The van der Waals surface area contributed by atoms with Crippen molar-refractivity contribution in [3.63, 3.8) is 0 Å². The van der Waals surface area contributed by atoms with Crippen LogP contribution in [0.3, 0.4) is 0 Å². The molecule has 2 rings (SSSR count). The van der Waals surface area contributed by atoms with Gasteiger partial charge >= 0.3 is 0 Å². The van der Waals surface area contributed by atoms with Crippen LogP contribution in [0.1, 0.15) is 5.56 Å². The molecule has 0 spiro atoms. The van der Waals surface area contributed by atoms with Crippen LogP contribution in [0.15, 0.2) is 40.9 Å². The molecular weight excluding hydrogens is 356 g/mol. The summed E-state index contributed by atoms with van der Waals surface area (Å²) in [6.45, 7) is 0.522. The SMILES string of the molecule is Clc1ccc(Br)cc1NCc1c(Cl)cccc1Cl. The summed E-state index contributed by atoms with van der Waals surface area (Å²) >= 11 is 21.7. The Labute approximate surface area is 129 Å². The van der Waals surface area contributed by atoms with Crippen LogP contribution in [0.2, 0.25) is 15.1 Å². The Bertz CT molecular complexity index is 552. The molecule has 5 heteroatoms. The van der Waals surface area contributed by atoms with E-state index in [0.717, 1.165) is 15.7 Å². The lowest BCUT2D eigenvalue weighted by Crippen LogP contribution is -2.01. The van der Waals surface area contributed by atoms with Gasteiger partial charge in [0.2, 0.25) is 0 Å². The molecular formula is C13H9BrCl3N. The first-order valence-electron chi connectivity index (χ1n) is 5.20. The minimum absolute atomic E-state index is 0.522. The summed E-state index contributed by atoms with van der Waals surface area (Å²) in [4.78, 5) is 0. The molecule has 0 aliphatic carbocycles. The van der Waals surface area contributed by atoms with Crippen molar-refractivity contribution in [3.05, 3.63) is 61.5 Å². The largest absolute Gasteiger partial charge is 0.380 e. The minimum Gasteiger partial charge on any atom is -0.380 e. The van der Waals surface area contributed by atoms with E-state index in [0.29, 0.717) is 21.6 Å². The third-order valence-electron chi connectivity index (χ3n) is 2.45. The van der Waals surface area contributed by atoms with Gasteiger partial charge in [0.1, 0.15) is 0 Å². The first-order valence-corrected chi connectivity index (χ1v) is 7.12. The molecule has 2 aromatic carbocycles. The summed E-state index contributed by atoms with van der Waals surface area (Å²) in [6.07, 6.45) is 0. The van der Waals surface area contributed by atoms with E-state index in [4.69, 9.17) is 34.8 Å². The van der Waals surface area contributed by atoms with Crippen molar-refractivity contribution in [2.75, 3.05) is 5.32 Å². The average Bonchev–Trinajstić information content (AvgIpc) is 2.33. The van der Waals surface area contributed by atoms with Crippen molar-refractivity contribution in [2.24, 2.45) is 0 Å². The molecule has 0 amide bonds. The molecule has 0 heterocycles. The predicted octanol–water partition coefficient (Wildman–Crippen LogP) is 6.02. The second-order valence-electron chi connectivity index (χ2n) is 3.68. The van der Waals surface area contributed by atoms with Gasteiger partial charge in [0.05, 0.1) is 10.7 Å². The molecule has 0 aliphatic rings. The standard InChI is InChI=1S/C13H9BrCl3N/c14-8-4-5-12(17)13(6-8)18-7-9-10(15)2-1-3-11(9)16/h1-6,18H,7H2. The van der Waals surface area contributed by atoms with Gasteiger partial charge in [0.15, 0.2) is 0 Å². The van der Waals surface area contributed by atoms with E-state index >= 15 is 0 Å². The maximum absolute atomic E-state index is 6.10. The number of rotatable bonds is 3. The Morgan fingerprint density at radius 3 is 2.28 bits per heavy atom. The number of nitrogens with one attached hydrogen (secondary N) is 1. The fourth-order valence-electron chi connectivity index (χ4n) is 1.52. The molecule has 18 heavy (non-hydrogen) atoms. The zero-order valence-corrected chi connectivity index (χ0v) is 13.0. The van der Waals surface area contributed by atoms with Crippen molar-refractivity contribution in [2.45, 2.75) is 6.54 Å². The maximum atomic E-state index is 6.10. The zero-order chi connectivity index (χ0) is 13.1. The van der Waals surface area contributed by atoms with Gasteiger partial charge in [-0.25, -0.2) is 0 Å². The van der Waals surface area contributed by atoms with E-state index in [2.05, 4.69) is 21.2 Å². The number of halogens is 4. The van der Waals surface area contributed by atoms with Gasteiger partial charge in [-0.2, -0.15) is 0 Å². The molecule has 0 saturated heterocycles. The quantitative estimate of drug-likeness (QED) is 0.701. The minimum atomic E-state index is 0.522. The van der Waals surface area contributed by atoms with Crippen molar-refractivity contribution in [1.29, 1.82) is 0 Å². The summed E-state index contributed by atoms with van der Waals surface area (Å²) in [7, 11) is 0. The second-order valence-corrected chi connectivity index (χ2v) is 5.82. The molecule has 0 aliphatic heterocycles. The molecule has 1 nitrogen and oxygen atoms in total. The fraction of sp³-hybridized carbons (Fsp3) is 0.0769. The van der Waals surface area contributed by atoms with Gasteiger partial charge in [-0.15, -0.1) is 0 Å². The second kappa shape index (κ2) is 6.16. The smallest absolute Gasteiger partial charge is 0.0638 e. The lowest BCUT2D eigenvalue weighted by molar-refractivity contribution is 1.15. The third-order valence-corrected chi connectivity index (χ3v) is 3.98. The Morgan fingerprint density at radius 1 is 0.944 bits per heavy atom. The van der Waals surface area contributed by atoms with Crippen LogP contribution >= 0.6 is 50.7 Å². The molecule has 0 bridgehead atoms. The number of hydrogen-bond donors (Lipinski definition) is 1. The molecule has 0 unspecified atom stereocenters.